The van der Waals surface area contributed by atoms with Crippen LogP contribution in [0.1, 0.15) is 27.6 Å². The van der Waals surface area contributed by atoms with Gasteiger partial charge in [-0.3, -0.25) is 4.79 Å². The zero-order valence-corrected chi connectivity index (χ0v) is 14.5. The average molecular weight is 354 g/mol. The van der Waals surface area contributed by atoms with Crippen molar-refractivity contribution >= 4 is 5.91 Å². The van der Waals surface area contributed by atoms with Crippen molar-refractivity contribution < 1.29 is 14.1 Å². The van der Waals surface area contributed by atoms with E-state index in [0.29, 0.717) is 18.7 Å². The van der Waals surface area contributed by atoms with Crippen LogP contribution in [0.5, 0.6) is 6.01 Å². The van der Waals surface area contributed by atoms with E-state index in [1.54, 1.807) is 42.7 Å². The molecule has 0 fully saturated rings. The second-order valence-electron chi connectivity index (χ2n) is 6.21. The van der Waals surface area contributed by atoms with Gasteiger partial charge in [0.1, 0.15) is 12.4 Å². The molecule has 1 aliphatic rings. The normalized spacial score (nSPS) is 16.4. The lowest BCUT2D eigenvalue weighted by atomic mass is 10.0. The molecular formula is C17H18N6O3. The third kappa shape index (κ3) is 3.03. The van der Waals surface area contributed by atoms with Crippen molar-refractivity contribution in [2.45, 2.75) is 25.9 Å². The number of rotatable bonds is 4. The molecule has 4 heterocycles. The van der Waals surface area contributed by atoms with Gasteiger partial charge in [0.25, 0.3) is 5.91 Å². The number of carbonyl (C=O) groups excluding carboxylic acids is 1. The number of fused-ring (bicyclic) bond motifs is 1. The summed E-state index contributed by atoms with van der Waals surface area (Å²) in [5.41, 5.74) is 2.25. The first-order valence-corrected chi connectivity index (χ1v) is 8.25. The maximum Gasteiger partial charge on any atom is 0.316 e. The topological polar surface area (TPSA) is 99.2 Å². The summed E-state index contributed by atoms with van der Waals surface area (Å²) in [6.07, 6.45) is 5.62. The molecule has 0 saturated heterocycles. The lowest BCUT2D eigenvalue weighted by Gasteiger charge is -2.34. The van der Waals surface area contributed by atoms with Crippen molar-refractivity contribution in [3.05, 3.63) is 53.7 Å². The highest BCUT2D eigenvalue weighted by molar-refractivity contribution is 5.92. The minimum atomic E-state index is -0.208. The summed E-state index contributed by atoms with van der Waals surface area (Å²) >= 11 is 0. The number of aromatic nitrogens is 5. The van der Waals surface area contributed by atoms with Crippen molar-refractivity contribution in [1.82, 2.24) is 29.6 Å². The van der Waals surface area contributed by atoms with Crippen LogP contribution in [0.4, 0.5) is 0 Å². The Morgan fingerprint density at radius 2 is 2.15 bits per heavy atom. The first kappa shape index (κ1) is 16.2. The van der Waals surface area contributed by atoms with Crippen LogP contribution >= 0.6 is 0 Å². The highest BCUT2D eigenvalue weighted by Crippen LogP contribution is 2.24. The van der Waals surface area contributed by atoms with Gasteiger partial charge in [-0.1, -0.05) is 5.16 Å². The van der Waals surface area contributed by atoms with Crippen LogP contribution in [0.3, 0.4) is 0 Å². The predicted molar refractivity (Wildman–Crippen MR) is 89.3 cm³/mol. The fourth-order valence-corrected chi connectivity index (χ4v) is 3.05. The number of amides is 1. The standard InChI is InChI=1S/C17H18N6O3/c1-11-6-13(21-26-11)16(24)23-8-14-15(22(2)10-20-14)7-12(23)9-25-17-18-4-3-5-19-17/h3-6,10,12H,7-9H2,1-2H3/t12-/m0/s1. The monoisotopic (exact) mass is 354 g/mol. The van der Waals surface area contributed by atoms with E-state index in [-0.39, 0.29) is 30.3 Å². The summed E-state index contributed by atoms with van der Waals surface area (Å²) in [5, 5.41) is 3.85. The molecule has 0 spiro atoms. The van der Waals surface area contributed by atoms with E-state index in [0.717, 1.165) is 11.4 Å². The molecule has 3 aromatic rings. The zero-order valence-electron chi connectivity index (χ0n) is 14.5. The van der Waals surface area contributed by atoms with Gasteiger partial charge in [0.05, 0.1) is 24.6 Å². The summed E-state index contributed by atoms with van der Waals surface area (Å²) in [5.74, 6) is 0.384. The van der Waals surface area contributed by atoms with Gasteiger partial charge < -0.3 is 18.7 Å². The van der Waals surface area contributed by atoms with Gasteiger partial charge in [0.15, 0.2) is 5.69 Å². The molecule has 9 nitrogen and oxygen atoms in total. The van der Waals surface area contributed by atoms with Crippen LogP contribution in [0.15, 0.2) is 35.4 Å². The van der Waals surface area contributed by atoms with Crippen LogP contribution in [0.2, 0.25) is 0 Å². The molecule has 1 amide bonds. The summed E-state index contributed by atoms with van der Waals surface area (Å²) in [6.45, 7) is 2.42. The third-order valence-electron chi connectivity index (χ3n) is 4.39. The molecule has 4 rings (SSSR count). The Morgan fingerprint density at radius 3 is 2.88 bits per heavy atom. The molecule has 134 valence electrons. The van der Waals surface area contributed by atoms with Crippen LogP contribution in [0.25, 0.3) is 0 Å². The minimum absolute atomic E-state index is 0.189. The highest BCUT2D eigenvalue weighted by atomic mass is 16.5. The number of hydrogen-bond acceptors (Lipinski definition) is 7. The molecule has 0 N–H and O–H groups in total. The van der Waals surface area contributed by atoms with Crippen LogP contribution in [-0.2, 0) is 20.0 Å². The largest absolute Gasteiger partial charge is 0.461 e. The van der Waals surface area contributed by atoms with E-state index < -0.39 is 0 Å². The van der Waals surface area contributed by atoms with E-state index in [1.807, 2.05) is 11.6 Å². The van der Waals surface area contributed by atoms with Gasteiger partial charge >= 0.3 is 6.01 Å². The molecule has 26 heavy (non-hydrogen) atoms. The lowest BCUT2D eigenvalue weighted by molar-refractivity contribution is 0.0540. The first-order chi connectivity index (χ1) is 12.6. The van der Waals surface area contributed by atoms with E-state index >= 15 is 0 Å². The van der Waals surface area contributed by atoms with E-state index in [1.165, 1.54) is 0 Å². The van der Waals surface area contributed by atoms with Crippen LogP contribution in [0, 0.1) is 6.92 Å². The van der Waals surface area contributed by atoms with E-state index in [4.69, 9.17) is 9.26 Å². The van der Waals surface area contributed by atoms with Gasteiger partial charge in [0, 0.05) is 37.6 Å². The molecule has 1 aliphatic heterocycles. The minimum Gasteiger partial charge on any atom is -0.461 e. The molecule has 0 bridgehead atoms. The van der Waals surface area contributed by atoms with Crippen LogP contribution in [-0.4, -0.2) is 48.1 Å². The highest BCUT2D eigenvalue weighted by Gasteiger charge is 2.34. The number of carbonyl (C=O) groups is 1. The summed E-state index contributed by atoms with van der Waals surface area (Å²) in [7, 11) is 1.95. The van der Waals surface area contributed by atoms with E-state index in [2.05, 4.69) is 20.1 Å². The van der Waals surface area contributed by atoms with Gasteiger partial charge in [-0.15, -0.1) is 0 Å². The number of nitrogens with zero attached hydrogens (tertiary/aromatic N) is 6. The summed E-state index contributed by atoms with van der Waals surface area (Å²) < 4.78 is 12.7. The third-order valence-corrected chi connectivity index (χ3v) is 4.39. The van der Waals surface area contributed by atoms with Crippen molar-refractivity contribution in [2.75, 3.05) is 6.61 Å². The number of imidazole rings is 1. The number of aryl methyl sites for hydroxylation is 2. The smallest absolute Gasteiger partial charge is 0.316 e. The summed E-state index contributed by atoms with van der Waals surface area (Å²) in [6, 6.07) is 3.45. The van der Waals surface area contributed by atoms with Gasteiger partial charge in [-0.2, -0.15) is 0 Å². The molecular weight excluding hydrogens is 336 g/mol. The molecule has 1 atom stereocenters. The fraction of sp³-hybridized carbons (Fsp3) is 0.353. The Bertz CT molecular complexity index is 920. The maximum atomic E-state index is 12.9. The zero-order chi connectivity index (χ0) is 18.1. The molecule has 0 aliphatic carbocycles. The van der Waals surface area contributed by atoms with Gasteiger partial charge in [0.2, 0.25) is 0 Å². The Hall–Kier alpha value is -3.23. The van der Waals surface area contributed by atoms with Crippen molar-refractivity contribution in [2.24, 2.45) is 7.05 Å². The average Bonchev–Trinajstić information content (AvgIpc) is 3.25. The maximum absolute atomic E-state index is 12.9. The Morgan fingerprint density at radius 1 is 1.35 bits per heavy atom. The lowest BCUT2D eigenvalue weighted by Crippen LogP contribution is -2.48. The molecule has 9 heteroatoms. The SMILES string of the molecule is Cc1cc(C(=O)N2Cc3ncn(C)c3C[C@H]2COc2ncccn2)no1. The quantitative estimate of drug-likeness (QED) is 0.693. The first-order valence-electron chi connectivity index (χ1n) is 8.25. The Balaban J connectivity index is 1.59. The van der Waals surface area contributed by atoms with Crippen LogP contribution < -0.4 is 4.74 Å². The molecule has 0 unspecified atom stereocenters. The number of ether oxygens (including phenoxy) is 1. The second-order valence-corrected chi connectivity index (χ2v) is 6.21. The molecule has 0 aromatic carbocycles. The van der Waals surface area contributed by atoms with Crippen molar-refractivity contribution in [1.29, 1.82) is 0 Å². The van der Waals surface area contributed by atoms with Crippen molar-refractivity contribution in [3.63, 3.8) is 0 Å². The Labute approximate surface area is 149 Å². The van der Waals surface area contributed by atoms with Gasteiger partial charge in [-0.25, -0.2) is 15.0 Å². The van der Waals surface area contributed by atoms with Gasteiger partial charge in [-0.05, 0) is 13.0 Å². The number of hydrogen-bond donors (Lipinski definition) is 0. The van der Waals surface area contributed by atoms with Crippen molar-refractivity contribution in [3.8, 4) is 6.01 Å². The predicted octanol–water partition coefficient (Wildman–Crippen LogP) is 1.15. The Kier molecular flexibility index (Phi) is 4.11. The summed E-state index contributed by atoms with van der Waals surface area (Å²) in [4.78, 5) is 27.2. The fourth-order valence-electron chi connectivity index (χ4n) is 3.05. The molecule has 3 aromatic heterocycles. The second kappa shape index (κ2) is 6.58. The molecule has 0 saturated carbocycles. The molecule has 0 radical (unpaired) electrons. The van der Waals surface area contributed by atoms with E-state index in [9.17, 15) is 4.79 Å².